The highest BCUT2D eigenvalue weighted by atomic mass is 16.5. The molecule has 2 amide bonds. The van der Waals surface area contributed by atoms with Crippen LogP contribution in [0.15, 0.2) is 36.7 Å². The smallest absolute Gasteiger partial charge is 0.319 e. The van der Waals surface area contributed by atoms with E-state index in [2.05, 4.69) is 20.6 Å². The second-order valence-corrected chi connectivity index (χ2v) is 5.22. The van der Waals surface area contributed by atoms with Crippen molar-refractivity contribution >= 4 is 11.7 Å². The molecule has 3 rings (SSSR count). The van der Waals surface area contributed by atoms with E-state index in [0.717, 1.165) is 11.4 Å². The van der Waals surface area contributed by atoms with Crippen molar-refractivity contribution in [2.75, 3.05) is 12.4 Å². The Morgan fingerprint density at radius 2 is 2.14 bits per heavy atom. The summed E-state index contributed by atoms with van der Waals surface area (Å²) in [4.78, 5) is 20.4. The maximum Gasteiger partial charge on any atom is 0.319 e. The molecule has 1 fully saturated rings. The molecule has 0 aliphatic heterocycles. The number of urea groups is 1. The molecular weight excluding hydrogens is 280 g/mol. The Balaban J connectivity index is 1.57. The van der Waals surface area contributed by atoms with Crippen molar-refractivity contribution in [2.45, 2.75) is 25.3 Å². The number of nitrogens with one attached hydrogen (secondary N) is 2. The molecule has 1 aromatic heterocycles. The van der Waals surface area contributed by atoms with Crippen molar-refractivity contribution in [1.29, 1.82) is 0 Å². The topological polar surface area (TPSA) is 76.1 Å². The van der Waals surface area contributed by atoms with Gasteiger partial charge in [0.25, 0.3) is 0 Å². The van der Waals surface area contributed by atoms with Crippen LogP contribution in [0.2, 0.25) is 0 Å². The summed E-state index contributed by atoms with van der Waals surface area (Å²) in [6.07, 6.45) is 3.94. The molecule has 6 heteroatoms. The van der Waals surface area contributed by atoms with Gasteiger partial charge < -0.3 is 15.4 Å². The molecule has 1 aromatic carbocycles. The van der Waals surface area contributed by atoms with Crippen molar-refractivity contribution in [3.05, 3.63) is 48.0 Å². The molecule has 0 bridgehead atoms. The molecule has 22 heavy (non-hydrogen) atoms. The standard InChI is InChI=1S/C16H18N4O2/c1-22-15-5-3-2-4-13(15)20-16(21)17-9-12-8-14(11-6-7-11)19-10-18-12/h2-5,8,10-11H,6-7,9H2,1H3,(H2,17,20,21). The molecule has 1 aliphatic rings. The third-order valence-electron chi connectivity index (χ3n) is 3.53. The summed E-state index contributed by atoms with van der Waals surface area (Å²) in [6.45, 7) is 0.364. The minimum Gasteiger partial charge on any atom is -0.495 e. The van der Waals surface area contributed by atoms with E-state index >= 15 is 0 Å². The number of hydrogen-bond donors (Lipinski definition) is 2. The molecule has 0 radical (unpaired) electrons. The van der Waals surface area contributed by atoms with Gasteiger partial charge in [-0.1, -0.05) is 12.1 Å². The summed E-state index contributed by atoms with van der Waals surface area (Å²) < 4.78 is 5.19. The van der Waals surface area contributed by atoms with E-state index in [1.807, 2.05) is 18.2 Å². The summed E-state index contributed by atoms with van der Waals surface area (Å²) in [6, 6.07) is 8.93. The lowest BCUT2D eigenvalue weighted by molar-refractivity contribution is 0.251. The molecule has 0 atom stereocenters. The van der Waals surface area contributed by atoms with E-state index in [0.29, 0.717) is 23.9 Å². The van der Waals surface area contributed by atoms with Gasteiger partial charge in [-0.05, 0) is 31.0 Å². The van der Waals surface area contributed by atoms with Crippen LogP contribution < -0.4 is 15.4 Å². The predicted octanol–water partition coefficient (Wildman–Crippen LogP) is 2.68. The lowest BCUT2D eigenvalue weighted by Crippen LogP contribution is -2.28. The lowest BCUT2D eigenvalue weighted by atomic mass is 10.2. The molecule has 2 aromatic rings. The fraction of sp³-hybridized carbons (Fsp3) is 0.312. The molecule has 114 valence electrons. The summed E-state index contributed by atoms with van der Waals surface area (Å²) in [5, 5.41) is 5.55. The van der Waals surface area contributed by atoms with Crippen LogP contribution in [-0.2, 0) is 6.54 Å². The van der Waals surface area contributed by atoms with Gasteiger partial charge in [-0.15, -0.1) is 0 Å². The summed E-state index contributed by atoms with van der Waals surface area (Å²) in [5.74, 6) is 1.19. The number of hydrogen-bond acceptors (Lipinski definition) is 4. The SMILES string of the molecule is COc1ccccc1NC(=O)NCc1cc(C2CC2)ncn1. The molecule has 1 aliphatic carbocycles. The molecule has 0 unspecified atom stereocenters. The number of carbonyl (C=O) groups excluding carboxylic acids is 1. The van der Waals surface area contributed by atoms with E-state index < -0.39 is 0 Å². The monoisotopic (exact) mass is 298 g/mol. The third kappa shape index (κ3) is 3.52. The van der Waals surface area contributed by atoms with E-state index in [1.165, 1.54) is 12.8 Å². The molecular formula is C16H18N4O2. The molecule has 0 saturated heterocycles. The Hall–Kier alpha value is -2.63. The number of ether oxygens (including phenoxy) is 1. The average molecular weight is 298 g/mol. The zero-order valence-corrected chi connectivity index (χ0v) is 12.4. The highest BCUT2D eigenvalue weighted by Gasteiger charge is 2.25. The number of amides is 2. The van der Waals surface area contributed by atoms with Crippen LogP contribution in [0.4, 0.5) is 10.5 Å². The first-order valence-electron chi connectivity index (χ1n) is 7.25. The largest absolute Gasteiger partial charge is 0.495 e. The summed E-state index contributed by atoms with van der Waals surface area (Å²) in [7, 11) is 1.57. The highest BCUT2D eigenvalue weighted by Crippen LogP contribution is 2.38. The molecule has 2 N–H and O–H groups in total. The number of rotatable bonds is 5. The normalized spacial score (nSPS) is 13.5. The first kappa shape index (κ1) is 14.3. The summed E-state index contributed by atoms with van der Waals surface area (Å²) in [5.41, 5.74) is 2.51. The first-order chi connectivity index (χ1) is 10.8. The van der Waals surface area contributed by atoms with Crippen LogP contribution >= 0.6 is 0 Å². The van der Waals surface area contributed by atoms with Crippen LogP contribution in [0, 0.1) is 0 Å². The van der Waals surface area contributed by atoms with E-state index in [1.54, 1.807) is 25.6 Å². The number of aromatic nitrogens is 2. The Labute approximate surface area is 128 Å². The number of carbonyl (C=O) groups is 1. The maximum atomic E-state index is 12.0. The van der Waals surface area contributed by atoms with Gasteiger partial charge in [0.05, 0.1) is 25.0 Å². The van der Waals surface area contributed by atoms with Gasteiger partial charge in [0.2, 0.25) is 0 Å². The number of benzene rings is 1. The molecule has 1 saturated carbocycles. The zero-order chi connectivity index (χ0) is 15.4. The van der Waals surface area contributed by atoms with E-state index in [9.17, 15) is 4.79 Å². The van der Waals surface area contributed by atoms with Crippen molar-refractivity contribution < 1.29 is 9.53 Å². The van der Waals surface area contributed by atoms with Gasteiger partial charge in [0.15, 0.2) is 0 Å². The fourth-order valence-electron chi connectivity index (χ4n) is 2.20. The van der Waals surface area contributed by atoms with Crippen molar-refractivity contribution in [2.24, 2.45) is 0 Å². The Morgan fingerprint density at radius 1 is 1.32 bits per heavy atom. The number of para-hydroxylation sites is 2. The fourth-order valence-corrected chi connectivity index (χ4v) is 2.20. The number of methoxy groups -OCH3 is 1. The molecule has 1 heterocycles. The number of anilines is 1. The quantitative estimate of drug-likeness (QED) is 0.890. The average Bonchev–Trinajstić information content (AvgIpc) is 3.39. The second-order valence-electron chi connectivity index (χ2n) is 5.22. The van der Waals surface area contributed by atoms with E-state index in [4.69, 9.17) is 4.74 Å². The van der Waals surface area contributed by atoms with Gasteiger partial charge in [-0.3, -0.25) is 0 Å². The van der Waals surface area contributed by atoms with Crippen molar-refractivity contribution in [1.82, 2.24) is 15.3 Å². The van der Waals surface area contributed by atoms with Gasteiger partial charge in [0.1, 0.15) is 12.1 Å². The van der Waals surface area contributed by atoms with Gasteiger partial charge in [-0.25, -0.2) is 14.8 Å². The minimum absolute atomic E-state index is 0.295. The van der Waals surface area contributed by atoms with Crippen LogP contribution in [0.25, 0.3) is 0 Å². The first-order valence-corrected chi connectivity index (χ1v) is 7.25. The van der Waals surface area contributed by atoms with Gasteiger partial charge in [0, 0.05) is 11.6 Å². The lowest BCUT2D eigenvalue weighted by Gasteiger charge is -2.11. The van der Waals surface area contributed by atoms with E-state index in [-0.39, 0.29) is 6.03 Å². The van der Waals surface area contributed by atoms with Crippen LogP contribution in [0.3, 0.4) is 0 Å². The molecule has 6 nitrogen and oxygen atoms in total. The zero-order valence-electron chi connectivity index (χ0n) is 12.4. The van der Waals surface area contributed by atoms with Crippen molar-refractivity contribution in [3.8, 4) is 5.75 Å². The third-order valence-corrected chi connectivity index (χ3v) is 3.53. The van der Waals surface area contributed by atoms with Gasteiger partial charge >= 0.3 is 6.03 Å². The Morgan fingerprint density at radius 3 is 2.91 bits per heavy atom. The Bertz CT molecular complexity index is 671. The Kier molecular flexibility index (Phi) is 4.18. The maximum absolute atomic E-state index is 12.0. The predicted molar refractivity (Wildman–Crippen MR) is 82.9 cm³/mol. The van der Waals surface area contributed by atoms with Crippen LogP contribution in [0.5, 0.6) is 5.75 Å². The highest BCUT2D eigenvalue weighted by molar-refractivity contribution is 5.90. The van der Waals surface area contributed by atoms with Gasteiger partial charge in [-0.2, -0.15) is 0 Å². The second kappa shape index (κ2) is 6.43. The summed E-state index contributed by atoms with van der Waals surface area (Å²) >= 11 is 0. The minimum atomic E-state index is -0.295. The van der Waals surface area contributed by atoms with Crippen molar-refractivity contribution in [3.63, 3.8) is 0 Å². The molecule has 0 spiro atoms. The van der Waals surface area contributed by atoms with Crippen LogP contribution in [-0.4, -0.2) is 23.1 Å². The number of nitrogens with zero attached hydrogens (tertiary/aromatic N) is 2. The van der Waals surface area contributed by atoms with Crippen LogP contribution in [0.1, 0.15) is 30.1 Å².